The number of nitrogens with one attached hydrogen (secondary N) is 1. The Balaban J connectivity index is 1.68. The highest BCUT2D eigenvalue weighted by Crippen LogP contribution is 2.39. The van der Waals surface area contributed by atoms with Gasteiger partial charge in [-0.2, -0.15) is 5.10 Å². The molecule has 0 unspecified atom stereocenters. The van der Waals surface area contributed by atoms with Gasteiger partial charge in [-0.1, -0.05) is 12.1 Å². The smallest absolute Gasteiger partial charge is 0.255 e. The van der Waals surface area contributed by atoms with Crippen LogP contribution in [0.1, 0.15) is 60.0 Å². The third-order valence-electron chi connectivity index (χ3n) is 5.34. The number of hydrogen-bond donors (Lipinski definition) is 1. The molecule has 7 nitrogen and oxygen atoms in total. The van der Waals surface area contributed by atoms with Gasteiger partial charge in [0, 0.05) is 36.4 Å². The Hall–Kier alpha value is -3.48. The highest BCUT2D eigenvalue weighted by Gasteiger charge is 2.35. The summed E-state index contributed by atoms with van der Waals surface area (Å²) in [6, 6.07) is 13.3. The predicted octanol–water partition coefficient (Wildman–Crippen LogP) is 3.92. The third kappa shape index (κ3) is 3.70. The van der Waals surface area contributed by atoms with E-state index < -0.39 is 0 Å². The van der Waals surface area contributed by atoms with Crippen LogP contribution >= 0.6 is 0 Å². The number of amides is 2. The van der Waals surface area contributed by atoms with Crippen molar-refractivity contribution in [1.29, 1.82) is 0 Å². The zero-order valence-corrected chi connectivity index (χ0v) is 17.6. The van der Waals surface area contributed by atoms with E-state index in [1.807, 2.05) is 57.2 Å². The molecule has 0 fully saturated rings. The minimum atomic E-state index is -0.191. The quantitative estimate of drug-likeness (QED) is 0.716. The summed E-state index contributed by atoms with van der Waals surface area (Å²) in [5.41, 5.74) is 4.06. The Morgan fingerprint density at radius 2 is 1.97 bits per heavy atom. The number of carbonyl (C=O) groups is 2. The summed E-state index contributed by atoms with van der Waals surface area (Å²) >= 11 is 0. The van der Waals surface area contributed by atoms with Crippen molar-refractivity contribution in [3.05, 3.63) is 71.3 Å². The molecule has 1 N–H and O–H groups in total. The average Bonchev–Trinajstić information content (AvgIpc) is 3.32. The summed E-state index contributed by atoms with van der Waals surface area (Å²) in [5, 5.41) is 7.55. The number of nitrogens with zero attached hydrogens (tertiary/aromatic N) is 4. The van der Waals surface area contributed by atoms with Crippen LogP contribution in [0.5, 0.6) is 0 Å². The number of aromatic nitrogens is 3. The highest BCUT2D eigenvalue weighted by molar-refractivity contribution is 6.05. The van der Waals surface area contributed by atoms with Crippen LogP contribution in [0.25, 0.3) is 0 Å². The fourth-order valence-electron chi connectivity index (χ4n) is 3.74. The molecule has 0 saturated heterocycles. The average molecular weight is 403 g/mol. The van der Waals surface area contributed by atoms with Crippen LogP contribution in [0, 0.1) is 6.92 Å². The predicted molar refractivity (Wildman–Crippen MR) is 116 cm³/mol. The molecule has 1 aliphatic rings. The van der Waals surface area contributed by atoms with Crippen molar-refractivity contribution in [2.75, 3.05) is 16.8 Å². The lowest BCUT2D eigenvalue weighted by Crippen LogP contribution is -2.27. The summed E-state index contributed by atoms with van der Waals surface area (Å²) in [4.78, 5) is 31.2. The molecule has 3 aromatic rings. The van der Waals surface area contributed by atoms with E-state index in [0.717, 1.165) is 22.5 Å². The molecule has 1 atom stereocenters. The normalized spacial score (nSPS) is 15.4. The fraction of sp³-hybridized carbons (Fsp3) is 0.304. The maximum Gasteiger partial charge on any atom is 0.255 e. The van der Waals surface area contributed by atoms with Crippen LogP contribution in [0.2, 0.25) is 0 Å². The Labute approximate surface area is 175 Å². The molecule has 2 heterocycles. The molecule has 4 rings (SSSR count). The molecule has 0 aliphatic carbocycles. The molecule has 0 spiro atoms. The Morgan fingerprint density at radius 1 is 1.17 bits per heavy atom. The van der Waals surface area contributed by atoms with E-state index in [4.69, 9.17) is 0 Å². The lowest BCUT2D eigenvalue weighted by atomic mass is 9.98. The van der Waals surface area contributed by atoms with Gasteiger partial charge in [-0.15, -0.1) is 0 Å². The lowest BCUT2D eigenvalue weighted by Gasteiger charge is -2.15. The number of aryl methyl sites for hydroxylation is 1. The van der Waals surface area contributed by atoms with Crippen molar-refractivity contribution in [1.82, 2.24) is 14.8 Å². The molecular formula is C23H25N5O2. The molecule has 1 aliphatic heterocycles. The lowest BCUT2D eigenvalue weighted by molar-refractivity contribution is -0.116. The highest BCUT2D eigenvalue weighted by atomic mass is 16.2. The van der Waals surface area contributed by atoms with Gasteiger partial charge in [0.05, 0.1) is 5.92 Å². The zero-order valence-electron chi connectivity index (χ0n) is 17.6. The van der Waals surface area contributed by atoms with Crippen LogP contribution in [0.15, 0.2) is 48.8 Å². The van der Waals surface area contributed by atoms with E-state index in [1.165, 1.54) is 0 Å². The Kier molecular flexibility index (Phi) is 5.11. The summed E-state index contributed by atoms with van der Waals surface area (Å²) < 4.78 is 1.81. The van der Waals surface area contributed by atoms with Gasteiger partial charge in [-0.3, -0.25) is 14.3 Å². The molecule has 30 heavy (non-hydrogen) atoms. The number of rotatable bonds is 4. The first-order chi connectivity index (χ1) is 14.3. The van der Waals surface area contributed by atoms with Gasteiger partial charge >= 0.3 is 0 Å². The van der Waals surface area contributed by atoms with Crippen molar-refractivity contribution < 1.29 is 9.59 Å². The van der Waals surface area contributed by atoms with Crippen LogP contribution in [-0.2, 0) is 4.79 Å². The number of carbonyl (C=O) groups excluding carboxylic acids is 2. The molecule has 2 amide bonds. The SMILES string of the molecule is CC(=O)N1C[C@@H](c2ncn(C(C)C)n2)c2cc(C(=O)Nc3cccc(C)c3)ccc21. The van der Waals surface area contributed by atoms with Crippen molar-refractivity contribution in [2.45, 2.75) is 39.7 Å². The van der Waals surface area contributed by atoms with Crippen LogP contribution in [0.3, 0.4) is 0 Å². The fourth-order valence-corrected chi connectivity index (χ4v) is 3.74. The van der Waals surface area contributed by atoms with Crippen molar-refractivity contribution >= 4 is 23.2 Å². The molecular weight excluding hydrogens is 378 g/mol. The van der Waals surface area contributed by atoms with Crippen LogP contribution in [0.4, 0.5) is 11.4 Å². The molecule has 154 valence electrons. The standard InChI is InChI=1S/C23H25N5O2/c1-14(2)28-13-24-22(26-28)20-12-27(16(4)29)21-9-8-17(11-19(20)21)23(30)25-18-7-5-6-15(3)10-18/h5-11,13-14,20H,12H2,1-4H3,(H,25,30)/t20-/m1/s1. The van der Waals surface area contributed by atoms with Crippen LogP contribution < -0.4 is 10.2 Å². The second-order valence-corrected chi connectivity index (χ2v) is 7.96. The first kappa shape index (κ1) is 19.8. The van der Waals surface area contributed by atoms with E-state index in [-0.39, 0.29) is 23.8 Å². The molecule has 0 bridgehead atoms. The van der Waals surface area contributed by atoms with Crippen LogP contribution in [-0.4, -0.2) is 33.1 Å². The molecule has 1 aromatic heterocycles. The maximum absolute atomic E-state index is 12.9. The number of fused-ring (bicyclic) bond motifs is 1. The maximum atomic E-state index is 12.9. The van der Waals surface area contributed by atoms with E-state index in [2.05, 4.69) is 15.4 Å². The van der Waals surface area contributed by atoms with E-state index in [0.29, 0.717) is 17.9 Å². The topological polar surface area (TPSA) is 80.1 Å². The second-order valence-electron chi connectivity index (χ2n) is 7.96. The second kappa shape index (κ2) is 7.74. The van der Waals surface area contributed by atoms with Crippen molar-refractivity contribution in [3.8, 4) is 0 Å². The number of anilines is 2. The minimum Gasteiger partial charge on any atom is -0.322 e. The van der Waals surface area contributed by atoms with E-state index in [9.17, 15) is 9.59 Å². The minimum absolute atomic E-state index is 0.0426. The molecule has 0 radical (unpaired) electrons. The first-order valence-corrected chi connectivity index (χ1v) is 10.0. The largest absolute Gasteiger partial charge is 0.322 e. The number of hydrogen-bond acceptors (Lipinski definition) is 4. The van der Waals surface area contributed by atoms with Gasteiger partial charge in [0.1, 0.15) is 6.33 Å². The van der Waals surface area contributed by atoms with Gasteiger partial charge in [0.2, 0.25) is 5.91 Å². The Bertz CT molecular complexity index is 1120. The molecule has 7 heteroatoms. The van der Waals surface area contributed by atoms with Gasteiger partial charge in [0.15, 0.2) is 5.82 Å². The van der Waals surface area contributed by atoms with Gasteiger partial charge in [-0.05, 0) is 62.2 Å². The van der Waals surface area contributed by atoms with Gasteiger partial charge in [0.25, 0.3) is 5.91 Å². The summed E-state index contributed by atoms with van der Waals surface area (Å²) in [6.07, 6.45) is 1.71. The monoisotopic (exact) mass is 403 g/mol. The zero-order chi connectivity index (χ0) is 21.4. The van der Waals surface area contributed by atoms with Crippen molar-refractivity contribution in [3.63, 3.8) is 0 Å². The van der Waals surface area contributed by atoms with Crippen molar-refractivity contribution in [2.24, 2.45) is 0 Å². The first-order valence-electron chi connectivity index (χ1n) is 10.0. The van der Waals surface area contributed by atoms with Gasteiger partial charge in [-0.25, -0.2) is 4.98 Å². The number of benzene rings is 2. The molecule has 2 aromatic carbocycles. The summed E-state index contributed by atoms with van der Waals surface area (Å²) in [5.74, 6) is 0.253. The van der Waals surface area contributed by atoms with E-state index >= 15 is 0 Å². The summed E-state index contributed by atoms with van der Waals surface area (Å²) in [6.45, 7) is 8.07. The van der Waals surface area contributed by atoms with Gasteiger partial charge < -0.3 is 10.2 Å². The summed E-state index contributed by atoms with van der Waals surface area (Å²) in [7, 11) is 0. The third-order valence-corrected chi connectivity index (χ3v) is 5.34. The van der Waals surface area contributed by atoms with E-state index in [1.54, 1.807) is 28.9 Å². The molecule has 0 saturated carbocycles. The Morgan fingerprint density at radius 3 is 2.63 bits per heavy atom.